The van der Waals surface area contributed by atoms with Crippen molar-refractivity contribution in [3.05, 3.63) is 49.1 Å². The van der Waals surface area contributed by atoms with Gasteiger partial charge < -0.3 is 5.73 Å². The highest BCUT2D eigenvalue weighted by molar-refractivity contribution is 9.10. The molecule has 2 aromatic rings. The standard InChI is InChI=1S/C14H14BrNOS/c1-7-4-8(2)18-14(7)13(17)11-5-10(15)6-12(16)9(11)3/h4-6H,16H2,1-3H3. The van der Waals surface area contributed by atoms with E-state index in [1.165, 1.54) is 11.3 Å². The van der Waals surface area contributed by atoms with Gasteiger partial charge in [0, 0.05) is 20.6 Å². The van der Waals surface area contributed by atoms with Crippen LogP contribution in [-0.4, -0.2) is 5.78 Å². The van der Waals surface area contributed by atoms with E-state index in [0.29, 0.717) is 11.3 Å². The maximum absolute atomic E-state index is 12.5. The van der Waals surface area contributed by atoms with Crippen LogP contribution in [0.5, 0.6) is 0 Å². The third-order valence-electron chi connectivity index (χ3n) is 2.90. The summed E-state index contributed by atoms with van der Waals surface area (Å²) in [5.74, 6) is 0.0519. The molecule has 0 spiro atoms. The SMILES string of the molecule is Cc1cc(C)c(C(=O)c2cc(Br)cc(N)c2C)s1. The van der Waals surface area contributed by atoms with Crippen LogP contribution < -0.4 is 5.73 Å². The number of nitrogens with two attached hydrogens (primary N) is 1. The second-order valence-corrected chi connectivity index (χ2v) is 6.54. The maximum Gasteiger partial charge on any atom is 0.203 e. The van der Waals surface area contributed by atoms with Gasteiger partial charge in [0.1, 0.15) is 0 Å². The van der Waals surface area contributed by atoms with E-state index in [-0.39, 0.29) is 5.78 Å². The van der Waals surface area contributed by atoms with Crippen LogP contribution in [0.1, 0.15) is 31.2 Å². The topological polar surface area (TPSA) is 43.1 Å². The molecule has 0 unspecified atom stereocenters. The summed E-state index contributed by atoms with van der Waals surface area (Å²) in [5.41, 5.74) is 9.08. The van der Waals surface area contributed by atoms with Crippen LogP contribution in [0.15, 0.2) is 22.7 Å². The number of aryl methyl sites for hydroxylation is 2. The van der Waals surface area contributed by atoms with Gasteiger partial charge in [-0.3, -0.25) is 4.79 Å². The molecule has 1 aromatic carbocycles. The minimum atomic E-state index is 0.0519. The summed E-state index contributed by atoms with van der Waals surface area (Å²) in [7, 11) is 0. The number of nitrogen functional groups attached to an aromatic ring is 1. The minimum absolute atomic E-state index is 0.0519. The summed E-state index contributed by atoms with van der Waals surface area (Å²) < 4.78 is 0.833. The number of hydrogen-bond acceptors (Lipinski definition) is 3. The Kier molecular flexibility index (Phi) is 3.59. The monoisotopic (exact) mass is 323 g/mol. The Morgan fingerprint density at radius 2 is 1.89 bits per heavy atom. The summed E-state index contributed by atoms with van der Waals surface area (Å²) in [6.45, 7) is 5.86. The molecule has 0 fully saturated rings. The fourth-order valence-electron chi connectivity index (χ4n) is 1.93. The average Bonchev–Trinajstić information content (AvgIpc) is 2.62. The number of hydrogen-bond donors (Lipinski definition) is 1. The van der Waals surface area contributed by atoms with Crippen LogP contribution in [0, 0.1) is 20.8 Å². The van der Waals surface area contributed by atoms with E-state index in [1.54, 1.807) is 0 Å². The number of halogens is 1. The number of rotatable bonds is 2. The molecule has 0 aliphatic carbocycles. The highest BCUT2D eigenvalue weighted by atomic mass is 79.9. The molecule has 1 heterocycles. The average molecular weight is 324 g/mol. The van der Waals surface area contributed by atoms with Crippen molar-refractivity contribution in [1.29, 1.82) is 0 Å². The Hall–Kier alpha value is -1.13. The zero-order chi connectivity index (χ0) is 13.4. The van der Waals surface area contributed by atoms with Crippen LogP contribution in [0.4, 0.5) is 5.69 Å². The summed E-state index contributed by atoms with van der Waals surface area (Å²) in [6, 6.07) is 5.69. The third kappa shape index (κ3) is 2.35. The molecular formula is C14H14BrNOS. The predicted molar refractivity (Wildman–Crippen MR) is 80.5 cm³/mol. The number of carbonyl (C=O) groups is 1. The molecular weight excluding hydrogens is 310 g/mol. The number of anilines is 1. The van der Waals surface area contributed by atoms with Gasteiger partial charge >= 0.3 is 0 Å². The van der Waals surface area contributed by atoms with Crippen molar-refractivity contribution in [2.75, 3.05) is 5.73 Å². The van der Waals surface area contributed by atoms with Gasteiger partial charge in [0.25, 0.3) is 0 Å². The molecule has 2 N–H and O–H groups in total. The zero-order valence-corrected chi connectivity index (χ0v) is 12.9. The fraction of sp³-hybridized carbons (Fsp3) is 0.214. The molecule has 2 rings (SSSR count). The fourth-order valence-corrected chi connectivity index (χ4v) is 3.38. The van der Waals surface area contributed by atoms with Crippen molar-refractivity contribution in [1.82, 2.24) is 0 Å². The molecule has 4 heteroatoms. The summed E-state index contributed by atoms with van der Waals surface area (Å²) in [4.78, 5) is 14.5. The molecule has 18 heavy (non-hydrogen) atoms. The van der Waals surface area contributed by atoms with Gasteiger partial charge in [-0.05, 0) is 50.1 Å². The van der Waals surface area contributed by atoms with Gasteiger partial charge in [0.15, 0.2) is 0 Å². The van der Waals surface area contributed by atoms with Crippen LogP contribution in [0.2, 0.25) is 0 Å². The lowest BCUT2D eigenvalue weighted by molar-refractivity contribution is 0.104. The summed E-state index contributed by atoms with van der Waals surface area (Å²) in [6.07, 6.45) is 0. The third-order valence-corrected chi connectivity index (χ3v) is 4.51. The number of thiophene rings is 1. The van der Waals surface area contributed by atoms with Crippen molar-refractivity contribution < 1.29 is 4.79 Å². The molecule has 0 amide bonds. The van der Waals surface area contributed by atoms with E-state index in [0.717, 1.165) is 25.4 Å². The van der Waals surface area contributed by atoms with E-state index >= 15 is 0 Å². The second-order valence-electron chi connectivity index (χ2n) is 4.37. The van der Waals surface area contributed by atoms with Crippen molar-refractivity contribution >= 4 is 38.7 Å². The quantitative estimate of drug-likeness (QED) is 0.663. The van der Waals surface area contributed by atoms with Crippen molar-refractivity contribution in [2.45, 2.75) is 20.8 Å². The smallest absolute Gasteiger partial charge is 0.203 e. The highest BCUT2D eigenvalue weighted by Gasteiger charge is 2.18. The molecule has 0 aliphatic rings. The van der Waals surface area contributed by atoms with Crippen molar-refractivity contribution in [3.8, 4) is 0 Å². The lowest BCUT2D eigenvalue weighted by atomic mass is 10.0. The van der Waals surface area contributed by atoms with Gasteiger partial charge in [0.2, 0.25) is 5.78 Å². The Balaban J connectivity index is 2.56. The van der Waals surface area contributed by atoms with E-state index in [2.05, 4.69) is 15.9 Å². The normalized spacial score (nSPS) is 10.7. The van der Waals surface area contributed by atoms with Crippen LogP contribution >= 0.6 is 27.3 Å². The molecule has 0 saturated heterocycles. The first-order chi connectivity index (χ1) is 8.40. The summed E-state index contributed by atoms with van der Waals surface area (Å²) in [5, 5.41) is 0. The largest absolute Gasteiger partial charge is 0.398 e. The second kappa shape index (κ2) is 4.86. The molecule has 2 nitrogen and oxygen atoms in total. The van der Waals surface area contributed by atoms with Gasteiger partial charge in [-0.15, -0.1) is 11.3 Å². The van der Waals surface area contributed by atoms with Gasteiger partial charge in [-0.25, -0.2) is 0 Å². The van der Waals surface area contributed by atoms with Crippen molar-refractivity contribution in [2.24, 2.45) is 0 Å². The van der Waals surface area contributed by atoms with Crippen molar-refractivity contribution in [3.63, 3.8) is 0 Å². The predicted octanol–water partition coefficient (Wildman–Crippen LogP) is 4.25. The zero-order valence-electron chi connectivity index (χ0n) is 10.5. The van der Waals surface area contributed by atoms with Crippen LogP contribution in [0.25, 0.3) is 0 Å². The lowest BCUT2D eigenvalue weighted by Gasteiger charge is -2.08. The van der Waals surface area contributed by atoms with Gasteiger partial charge in [0.05, 0.1) is 4.88 Å². The van der Waals surface area contributed by atoms with Crippen LogP contribution in [0.3, 0.4) is 0 Å². The molecule has 1 aromatic heterocycles. The first-order valence-electron chi connectivity index (χ1n) is 5.57. The Morgan fingerprint density at radius 1 is 1.22 bits per heavy atom. The molecule has 94 valence electrons. The highest BCUT2D eigenvalue weighted by Crippen LogP contribution is 2.29. The first kappa shape index (κ1) is 13.3. The molecule has 0 saturated carbocycles. The Labute approximate surface area is 119 Å². The Bertz CT molecular complexity index is 631. The molecule has 0 aliphatic heterocycles. The number of carbonyl (C=O) groups excluding carboxylic acids is 1. The van der Waals surface area contributed by atoms with E-state index < -0.39 is 0 Å². The number of benzene rings is 1. The number of ketones is 1. The van der Waals surface area contributed by atoms with Crippen LogP contribution in [-0.2, 0) is 0 Å². The summed E-state index contributed by atoms with van der Waals surface area (Å²) >= 11 is 4.91. The van der Waals surface area contributed by atoms with Gasteiger partial charge in [-0.2, -0.15) is 0 Å². The minimum Gasteiger partial charge on any atom is -0.398 e. The maximum atomic E-state index is 12.5. The molecule has 0 radical (unpaired) electrons. The van der Waals surface area contributed by atoms with Gasteiger partial charge in [-0.1, -0.05) is 15.9 Å². The molecule has 0 bridgehead atoms. The molecule has 0 atom stereocenters. The van der Waals surface area contributed by atoms with E-state index in [1.807, 2.05) is 39.0 Å². The van der Waals surface area contributed by atoms with E-state index in [9.17, 15) is 4.79 Å². The Morgan fingerprint density at radius 3 is 2.44 bits per heavy atom. The van der Waals surface area contributed by atoms with E-state index in [4.69, 9.17) is 5.73 Å². The first-order valence-corrected chi connectivity index (χ1v) is 7.18. The lowest BCUT2D eigenvalue weighted by Crippen LogP contribution is -2.05.